The van der Waals surface area contributed by atoms with Gasteiger partial charge in [0.05, 0.1) is 6.04 Å². The summed E-state index contributed by atoms with van der Waals surface area (Å²) in [6.07, 6.45) is 0.778. The van der Waals surface area contributed by atoms with E-state index in [0.717, 1.165) is 0 Å². The summed E-state index contributed by atoms with van der Waals surface area (Å²) >= 11 is 0. The van der Waals surface area contributed by atoms with Gasteiger partial charge in [-0.3, -0.25) is 29.2 Å². The molecule has 0 radical (unpaired) electrons. The Morgan fingerprint density at radius 2 is 1.15 bits per heavy atom. The van der Waals surface area contributed by atoms with Crippen molar-refractivity contribution in [2.75, 3.05) is 13.1 Å². The van der Waals surface area contributed by atoms with Crippen LogP contribution in [0, 0.1) is 5.92 Å². The van der Waals surface area contributed by atoms with E-state index in [0.29, 0.717) is 6.42 Å². The number of carbonyl (C=O) groups is 5. The second kappa shape index (κ2) is 19.0. The van der Waals surface area contributed by atoms with Gasteiger partial charge in [-0.25, -0.2) is 4.79 Å². The fourth-order valence-electron chi connectivity index (χ4n) is 3.41. The maximum atomic E-state index is 13.2. The summed E-state index contributed by atoms with van der Waals surface area (Å²) in [5.74, 6) is -4.68. The van der Waals surface area contributed by atoms with Crippen LogP contribution in [-0.2, 0) is 24.0 Å². The fraction of sp³-hybridized carbons (Fsp3) is 0.696. The van der Waals surface area contributed by atoms with Gasteiger partial charge in [0.2, 0.25) is 23.6 Å². The van der Waals surface area contributed by atoms with Crippen LogP contribution < -0.4 is 50.4 Å². The summed E-state index contributed by atoms with van der Waals surface area (Å²) in [6, 6.07) is -4.67. The van der Waals surface area contributed by atoms with Crippen LogP contribution in [0.2, 0.25) is 0 Å². The van der Waals surface area contributed by atoms with Crippen LogP contribution in [0.4, 0.5) is 0 Å². The summed E-state index contributed by atoms with van der Waals surface area (Å²) in [5, 5.41) is 17.0. The van der Waals surface area contributed by atoms with E-state index >= 15 is 0 Å². The number of carboxylic acids is 1. The second-order valence-electron chi connectivity index (χ2n) is 9.34. The molecular weight excluding hydrogens is 526 g/mol. The van der Waals surface area contributed by atoms with Crippen LogP contribution in [0.3, 0.4) is 0 Å². The lowest BCUT2D eigenvalue weighted by Crippen LogP contribution is -2.57. The molecule has 17 nitrogen and oxygen atoms in total. The molecule has 0 aromatic carbocycles. The SMILES string of the molecule is CCC(C)C(N)C(=O)NC(CCC(N)=O)C(=O)NC(CCCN=C(N)N)C(=O)NC(CCCN=C(N)N)C(=O)O. The molecule has 0 rings (SSSR count). The summed E-state index contributed by atoms with van der Waals surface area (Å²) in [5.41, 5.74) is 32.4. The predicted octanol–water partition coefficient (Wildman–Crippen LogP) is -3.73. The number of rotatable bonds is 20. The van der Waals surface area contributed by atoms with E-state index in [1.54, 1.807) is 6.92 Å². The first-order valence-electron chi connectivity index (χ1n) is 13.0. The predicted molar refractivity (Wildman–Crippen MR) is 149 cm³/mol. The van der Waals surface area contributed by atoms with Crippen molar-refractivity contribution in [3.63, 3.8) is 0 Å². The third-order valence-electron chi connectivity index (χ3n) is 6.01. The lowest BCUT2D eigenvalue weighted by Gasteiger charge is -2.26. The standard InChI is InChI=1S/C23H45N11O6/c1-3-12(2)17(25)20(38)33-14(8-9-16(24)35)19(37)32-13(6-4-10-30-22(26)27)18(36)34-15(21(39)40)7-5-11-31-23(28)29/h12-15,17H,3-11,25H2,1-2H3,(H2,24,35)(H,32,37)(H,33,38)(H,34,36)(H,39,40)(H4,26,27,30)(H4,28,29,31). The minimum atomic E-state index is -1.30. The highest BCUT2D eigenvalue weighted by molar-refractivity contribution is 5.94. The Labute approximate surface area is 233 Å². The van der Waals surface area contributed by atoms with Crippen molar-refractivity contribution in [3.05, 3.63) is 0 Å². The maximum Gasteiger partial charge on any atom is 0.326 e. The summed E-state index contributed by atoms with van der Waals surface area (Å²) in [4.78, 5) is 69.6. The molecule has 4 amide bonds. The van der Waals surface area contributed by atoms with Gasteiger partial charge in [0, 0.05) is 19.5 Å². The molecule has 0 saturated heterocycles. The first kappa shape index (κ1) is 35.9. The second-order valence-corrected chi connectivity index (χ2v) is 9.34. The third-order valence-corrected chi connectivity index (χ3v) is 6.01. The number of primary amides is 1. The van der Waals surface area contributed by atoms with E-state index in [1.807, 2.05) is 6.92 Å². The smallest absolute Gasteiger partial charge is 0.326 e. The van der Waals surface area contributed by atoms with Crippen molar-refractivity contribution in [1.29, 1.82) is 0 Å². The van der Waals surface area contributed by atoms with Crippen molar-refractivity contribution >= 4 is 41.5 Å². The normalized spacial score (nSPS) is 14.4. The molecule has 40 heavy (non-hydrogen) atoms. The molecule has 0 aliphatic heterocycles. The summed E-state index contributed by atoms with van der Waals surface area (Å²) < 4.78 is 0. The van der Waals surface area contributed by atoms with E-state index in [-0.39, 0.29) is 69.5 Å². The minimum absolute atomic E-state index is 0.0112. The minimum Gasteiger partial charge on any atom is -0.480 e. The van der Waals surface area contributed by atoms with E-state index < -0.39 is 53.8 Å². The number of carbonyl (C=O) groups excluding carboxylic acids is 4. The Bertz CT molecular complexity index is 919. The molecule has 0 aliphatic rings. The molecule has 0 bridgehead atoms. The molecular formula is C23H45N11O6. The average Bonchev–Trinajstić information content (AvgIpc) is 2.87. The highest BCUT2D eigenvalue weighted by Crippen LogP contribution is 2.08. The zero-order valence-corrected chi connectivity index (χ0v) is 23.1. The van der Waals surface area contributed by atoms with Gasteiger partial charge in [-0.05, 0) is 38.0 Å². The molecule has 16 N–H and O–H groups in total. The Kier molecular flexibility index (Phi) is 17.0. The monoisotopic (exact) mass is 571 g/mol. The molecule has 0 aromatic heterocycles. The lowest BCUT2D eigenvalue weighted by atomic mass is 9.98. The van der Waals surface area contributed by atoms with Crippen molar-refractivity contribution in [3.8, 4) is 0 Å². The lowest BCUT2D eigenvalue weighted by molar-refractivity contribution is -0.142. The third kappa shape index (κ3) is 15.3. The van der Waals surface area contributed by atoms with E-state index in [4.69, 9.17) is 34.4 Å². The zero-order valence-electron chi connectivity index (χ0n) is 23.1. The highest BCUT2D eigenvalue weighted by Gasteiger charge is 2.31. The first-order chi connectivity index (χ1) is 18.7. The van der Waals surface area contributed by atoms with Crippen LogP contribution in [0.25, 0.3) is 0 Å². The quantitative estimate of drug-likeness (QED) is 0.0384. The summed E-state index contributed by atoms with van der Waals surface area (Å²) in [7, 11) is 0. The Morgan fingerprint density at radius 1 is 0.725 bits per heavy atom. The van der Waals surface area contributed by atoms with Crippen LogP contribution in [0.15, 0.2) is 9.98 Å². The fourth-order valence-corrected chi connectivity index (χ4v) is 3.41. The number of nitrogens with two attached hydrogens (primary N) is 6. The largest absolute Gasteiger partial charge is 0.480 e. The number of hydrogen-bond acceptors (Lipinski definition) is 8. The molecule has 0 aromatic rings. The van der Waals surface area contributed by atoms with Crippen molar-refractivity contribution in [1.82, 2.24) is 16.0 Å². The number of aliphatic imine (C=N–C) groups is 2. The van der Waals surface area contributed by atoms with Gasteiger partial charge in [-0.2, -0.15) is 0 Å². The number of amides is 4. The first-order valence-corrected chi connectivity index (χ1v) is 13.0. The number of nitrogens with zero attached hydrogens (tertiary/aromatic N) is 2. The number of carboxylic acid groups (broad SMARTS) is 1. The van der Waals surface area contributed by atoms with Crippen molar-refractivity contribution < 1.29 is 29.1 Å². The van der Waals surface area contributed by atoms with Gasteiger partial charge in [0.25, 0.3) is 0 Å². The Morgan fingerprint density at radius 3 is 1.57 bits per heavy atom. The van der Waals surface area contributed by atoms with Gasteiger partial charge in [0.1, 0.15) is 18.1 Å². The summed E-state index contributed by atoms with van der Waals surface area (Å²) in [6.45, 7) is 3.91. The van der Waals surface area contributed by atoms with E-state index in [2.05, 4.69) is 25.9 Å². The van der Waals surface area contributed by atoms with E-state index in [9.17, 15) is 29.1 Å². The van der Waals surface area contributed by atoms with Gasteiger partial charge in [-0.15, -0.1) is 0 Å². The van der Waals surface area contributed by atoms with E-state index in [1.165, 1.54) is 0 Å². The van der Waals surface area contributed by atoms with Gasteiger partial charge < -0.3 is 55.5 Å². The number of nitrogens with one attached hydrogen (secondary N) is 3. The maximum absolute atomic E-state index is 13.2. The molecule has 0 fully saturated rings. The molecule has 0 spiro atoms. The van der Waals surface area contributed by atoms with Crippen LogP contribution in [0.5, 0.6) is 0 Å². The van der Waals surface area contributed by atoms with Crippen LogP contribution >= 0.6 is 0 Å². The molecule has 228 valence electrons. The number of aliphatic carboxylic acids is 1. The highest BCUT2D eigenvalue weighted by atomic mass is 16.4. The zero-order chi connectivity index (χ0) is 30.8. The van der Waals surface area contributed by atoms with Crippen LogP contribution in [0.1, 0.15) is 58.8 Å². The number of hydrogen-bond donors (Lipinski definition) is 10. The topological polar surface area (TPSA) is 323 Å². The number of guanidine groups is 2. The molecule has 0 aliphatic carbocycles. The van der Waals surface area contributed by atoms with Crippen molar-refractivity contribution in [2.24, 2.45) is 50.3 Å². The van der Waals surface area contributed by atoms with Crippen LogP contribution in [-0.4, -0.2) is 83.9 Å². The molecule has 5 atom stereocenters. The molecule has 0 saturated carbocycles. The Hall–Kier alpha value is -4.15. The van der Waals surface area contributed by atoms with Crippen molar-refractivity contribution in [2.45, 2.75) is 83.0 Å². The van der Waals surface area contributed by atoms with Gasteiger partial charge in [-0.1, -0.05) is 20.3 Å². The molecule has 5 unspecified atom stereocenters. The molecule has 0 heterocycles. The molecule has 17 heteroatoms. The average molecular weight is 572 g/mol. The van der Waals surface area contributed by atoms with Gasteiger partial charge >= 0.3 is 5.97 Å². The Balaban J connectivity index is 5.74. The van der Waals surface area contributed by atoms with Gasteiger partial charge in [0.15, 0.2) is 11.9 Å².